The molecule has 0 aromatic rings. The van der Waals surface area contributed by atoms with Crippen LogP contribution in [0.5, 0.6) is 0 Å². The van der Waals surface area contributed by atoms with E-state index in [0.717, 1.165) is 161 Å². The highest BCUT2D eigenvalue weighted by Crippen LogP contribution is 2.15. The first-order chi connectivity index (χ1) is 40.0. The van der Waals surface area contributed by atoms with E-state index in [0.29, 0.717) is 12.8 Å². The highest BCUT2D eigenvalue weighted by Gasteiger charge is 2.19. The molecule has 0 N–H and O–H groups in total. The number of hydrogen-bond donors (Lipinski definition) is 0. The molecule has 456 valence electrons. The molecule has 1 atom stereocenters. The van der Waals surface area contributed by atoms with Gasteiger partial charge in [-0.3, -0.25) is 14.4 Å². The Kier molecular flexibility index (Phi) is 63.4. The van der Waals surface area contributed by atoms with Gasteiger partial charge in [-0.1, -0.05) is 288 Å². The van der Waals surface area contributed by atoms with Gasteiger partial charge in [0.15, 0.2) is 6.10 Å². The smallest absolute Gasteiger partial charge is 0.306 e. The fourth-order valence-electron chi connectivity index (χ4n) is 8.66. The van der Waals surface area contributed by atoms with Gasteiger partial charge in [0, 0.05) is 19.3 Å². The van der Waals surface area contributed by atoms with Gasteiger partial charge in [-0.15, -0.1) is 0 Å². The van der Waals surface area contributed by atoms with E-state index in [9.17, 15) is 14.4 Å². The lowest BCUT2D eigenvalue weighted by Gasteiger charge is -2.18. The summed E-state index contributed by atoms with van der Waals surface area (Å²) in [4.78, 5) is 38.4. The molecule has 0 radical (unpaired) electrons. The highest BCUT2D eigenvalue weighted by atomic mass is 16.6. The average Bonchev–Trinajstić information content (AvgIpc) is 3.47. The summed E-state index contributed by atoms with van der Waals surface area (Å²) < 4.78 is 16.9. The molecule has 6 heteroatoms. The van der Waals surface area contributed by atoms with E-state index >= 15 is 0 Å². The molecule has 0 bridgehead atoms. The maximum atomic E-state index is 12.9. The molecule has 0 spiro atoms. The molecule has 0 saturated heterocycles. The van der Waals surface area contributed by atoms with Crippen LogP contribution in [0.15, 0.2) is 158 Å². The second kappa shape index (κ2) is 67.5. The summed E-state index contributed by atoms with van der Waals surface area (Å²) in [6, 6.07) is 0. The van der Waals surface area contributed by atoms with Crippen molar-refractivity contribution < 1.29 is 28.6 Å². The molecule has 0 amide bonds. The zero-order chi connectivity index (χ0) is 58.5. The predicted molar refractivity (Wildman–Crippen MR) is 352 cm³/mol. The van der Waals surface area contributed by atoms with Crippen LogP contribution >= 0.6 is 0 Å². The minimum Gasteiger partial charge on any atom is -0.462 e. The monoisotopic (exact) mass is 1120 g/mol. The van der Waals surface area contributed by atoms with Crippen molar-refractivity contribution in [3.8, 4) is 0 Å². The molecule has 0 aliphatic rings. The van der Waals surface area contributed by atoms with Crippen LogP contribution in [-0.2, 0) is 28.6 Å². The summed E-state index contributed by atoms with van der Waals surface area (Å²) in [5.74, 6) is -0.962. The first kappa shape index (κ1) is 76.0. The first-order valence-corrected chi connectivity index (χ1v) is 33.0. The third-order valence-electron chi connectivity index (χ3n) is 13.5. The molecule has 1 unspecified atom stereocenters. The number of carbonyl (C=O) groups is 3. The quantitative estimate of drug-likeness (QED) is 0.0261. The van der Waals surface area contributed by atoms with Gasteiger partial charge in [0.1, 0.15) is 13.2 Å². The third kappa shape index (κ3) is 65.7. The summed E-state index contributed by atoms with van der Waals surface area (Å²) >= 11 is 0. The minimum atomic E-state index is -0.814. The topological polar surface area (TPSA) is 78.9 Å². The van der Waals surface area contributed by atoms with Crippen molar-refractivity contribution in [3.05, 3.63) is 158 Å². The van der Waals surface area contributed by atoms with Gasteiger partial charge in [0.25, 0.3) is 0 Å². The van der Waals surface area contributed by atoms with Gasteiger partial charge in [0.2, 0.25) is 0 Å². The minimum absolute atomic E-state index is 0.104. The molecule has 6 nitrogen and oxygen atoms in total. The predicted octanol–water partition coefficient (Wildman–Crippen LogP) is 22.9. The van der Waals surface area contributed by atoms with Crippen molar-refractivity contribution in [2.24, 2.45) is 0 Å². The van der Waals surface area contributed by atoms with E-state index in [4.69, 9.17) is 14.2 Å². The summed E-state index contributed by atoms with van der Waals surface area (Å²) in [6.45, 7) is 6.37. The molecule has 0 aromatic carbocycles. The average molecular weight is 1120 g/mol. The number of unbranched alkanes of at least 4 members (excludes halogenated alkanes) is 21. The van der Waals surface area contributed by atoms with Crippen LogP contribution in [0.25, 0.3) is 0 Å². The number of esters is 3. The fourth-order valence-corrected chi connectivity index (χ4v) is 8.66. The number of carbonyl (C=O) groups excluding carboxylic acids is 3. The molecule has 0 rings (SSSR count). The van der Waals surface area contributed by atoms with E-state index in [2.05, 4.69) is 179 Å². The summed E-state index contributed by atoms with van der Waals surface area (Å²) in [5.41, 5.74) is 0. The number of allylic oxidation sites excluding steroid dienone is 26. The van der Waals surface area contributed by atoms with E-state index < -0.39 is 6.10 Å². The fraction of sp³-hybridized carbons (Fsp3) is 0.613. The van der Waals surface area contributed by atoms with Gasteiger partial charge >= 0.3 is 17.9 Å². The van der Waals surface area contributed by atoms with E-state index in [-0.39, 0.29) is 37.5 Å². The zero-order valence-corrected chi connectivity index (χ0v) is 52.2. The van der Waals surface area contributed by atoms with E-state index in [1.54, 1.807) is 0 Å². The van der Waals surface area contributed by atoms with E-state index in [1.165, 1.54) is 77.0 Å². The lowest BCUT2D eigenvalue weighted by molar-refractivity contribution is -0.167. The van der Waals surface area contributed by atoms with Crippen LogP contribution in [0.1, 0.15) is 278 Å². The van der Waals surface area contributed by atoms with E-state index in [1.807, 2.05) is 0 Å². The Morgan fingerprint density at radius 1 is 0.259 bits per heavy atom. The largest absolute Gasteiger partial charge is 0.462 e. The number of ether oxygens (including phenoxy) is 3. The van der Waals surface area contributed by atoms with Crippen LogP contribution in [0.3, 0.4) is 0 Å². The van der Waals surface area contributed by atoms with Gasteiger partial charge < -0.3 is 14.2 Å². The second-order valence-corrected chi connectivity index (χ2v) is 21.3. The lowest BCUT2D eigenvalue weighted by Crippen LogP contribution is -2.30. The molecule has 0 aliphatic heterocycles. The molecule has 0 fully saturated rings. The molecule has 0 heterocycles. The Balaban J connectivity index is 4.52. The second-order valence-electron chi connectivity index (χ2n) is 21.3. The maximum absolute atomic E-state index is 12.9. The molecule has 0 saturated carbocycles. The standard InChI is InChI=1S/C75H120O6/c1-4-7-10-13-16-19-22-25-28-30-32-34-36-37-39-40-42-44-47-50-53-56-59-62-65-68-74(77)80-71-72(70-79-73(76)67-64-61-58-55-52-49-46-27-24-21-18-15-12-9-6-3)81-75(78)69-66-63-60-57-54-51-48-45-43-41-38-35-33-31-29-26-23-20-17-14-11-8-5-2/h7-8,10-11,16-17,19-20,25-26,28-29,32-35,37,39,41-44,48,50-51,53,72H,4-6,9,12-15,18,21-24,27,30-31,36,38,40,45-47,49,52,54-71H2,1-3H3/b10-7-,11-8-,19-16-,20-17-,28-25-,29-26-,34-32-,35-33-,39-37-,43-41-,44-42-,51-48-,53-50-. The van der Waals surface area contributed by atoms with Crippen molar-refractivity contribution in [2.45, 2.75) is 284 Å². The Hall–Kier alpha value is -4.97. The van der Waals surface area contributed by atoms with Gasteiger partial charge in [0.05, 0.1) is 0 Å². The van der Waals surface area contributed by atoms with Crippen molar-refractivity contribution in [3.63, 3.8) is 0 Å². The van der Waals surface area contributed by atoms with Gasteiger partial charge in [-0.2, -0.15) is 0 Å². The van der Waals surface area contributed by atoms with Crippen LogP contribution in [0.2, 0.25) is 0 Å². The summed E-state index contributed by atoms with van der Waals surface area (Å²) in [7, 11) is 0. The summed E-state index contributed by atoms with van der Waals surface area (Å²) in [6.07, 6.45) is 98.1. The van der Waals surface area contributed by atoms with Crippen molar-refractivity contribution in [1.29, 1.82) is 0 Å². The molecular weight excluding hydrogens is 997 g/mol. The Labute approximate surface area is 499 Å². The normalized spacial score (nSPS) is 13.2. The van der Waals surface area contributed by atoms with Crippen LogP contribution in [0, 0.1) is 0 Å². The van der Waals surface area contributed by atoms with Crippen molar-refractivity contribution in [1.82, 2.24) is 0 Å². The number of rotatable bonds is 58. The Morgan fingerprint density at radius 2 is 0.481 bits per heavy atom. The SMILES string of the molecule is CC/C=C\C/C=C\C/C=C\C/C=C\C/C=C\C/C=C\C/C=C\CCCCCC(=O)OCC(COC(=O)CCCCCCCCCCCCCCCCC)OC(=O)CCCCCC/C=C\C/C=C\C/C=C\C/C=C\C/C=C\C/C=C\CC. The molecule has 0 aliphatic carbocycles. The molecule has 81 heavy (non-hydrogen) atoms. The highest BCUT2D eigenvalue weighted by molar-refractivity contribution is 5.71. The van der Waals surface area contributed by atoms with Crippen LogP contribution < -0.4 is 0 Å². The Bertz CT molecular complexity index is 1810. The van der Waals surface area contributed by atoms with Crippen molar-refractivity contribution >= 4 is 17.9 Å². The van der Waals surface area contributed by atoms with Crippen molar-refractivity contribution in [2.75, 3.05) is 13.2 Å². The van der Waals surface area contributed by atoms with Gasteiger partial charge in [-0.25, -0.2) is 0 Å². The van der Waals surface area contributed by atoms with Gasteiger partial charge in [-0.05, 0) is 128 Å². The summed E-state index contributed by atoms with van der Waals surface area (Å²) in [5, 5.41) is 0. The zero-order valence-electron chi connectivity index (χ0n) is 52.2. The lowest BCUT2D eigenvalue weighted by atomic mass is 10.0. The molecular formula is C75H120O6. The molecule has 0 aromatic heterocycles. The van der Waals surface area contributed by atoms with Crippen LogP contribution in [0.4, 0.5) is 0 Å². The third-order valence-corrected chi connectivity index (χ3v) is 13.5. The first-order valence-electron chi connectivity index (χ1n) is 33.0. The van der Waals surface area contributed by atoms with Crippen LogP contribution in [-0.4, -0.2) is 37.2 Å². The Morgan fingerprint density at radius 3 is 0.765 bits per heavy atom. The number of hydrogen-bond acceptors (Lipinski definition) is 6. The maximum Gasteiger partial charge on any atom is 0.306 e.